The first kappa shape index (κ1) is 10.9. The van der Waals surface area contributed by atoms with E-state index in [2.05, 4.69) is 10.00 Å². The van der Waals surface area contributed by atoms with Crippen LogP contribution in [0.15, 0.2) is 6.07 Å². The molecule has 6 heteroatoms. The van der Waals surface area contributed by atoms with Crippen LogP contribution in [-0.2, 0) is 23.0 Å². The summed E-state index contributed by atoms with van der Waals surface area (Å²) in [5.41, 5.74) is 0.717. The van der Waals surface area contributed by atoms with E-state index in [4.69, 9.17) is 9.84 Å². The average Bonchev–Trinajstić information content (AvgIpc) is 2.61. The monoisotopic (exact) mass is 225 g/mol. The Bertz CT molecular complexity index is 383. The molecular formula is C10H15N3O3. The Hall–Kier alpha value is -1.56. The van der Waals surface area contributed by atoms with Crippen LogP contribution >= 0.6 is 0 Å². The molecule has 0 saturated carbocycles. The van der Waals surface area contributed by atoms with Crippen LogP contribution in [0.2, 0.25) is 0 Å². The van der Waals surface area contributed by atoms with Crippen LogP contribution in [-0.4, -0.2) is 47.2 Å². The van der Waals surface area contributed by atoms with Gasteiger partial charge >= 0.3 is 5.97 Å². The highest BCUT2D eigenvalue weighted by atomic mass is 16.5. The van der Waals surface area contributed by atoms with Crippen molar-refractivity contribution in [1.29, 1.82) is 0 Å². The Morgan fingerprint density at radius 2 is 2.25 bits per heavy atom. The maximum atomic E-state index is 10.6. The number of morpholine rings is 1. The molecule has 0 spiro atoms. The molecule has 1 saturated heterocycles. The molecule has 1 aromatic rings. The molecular weight excluding hydrogens is 210 g/mol. The van der Waals surface area contributed by atoms with Crippen molar-refractivity contribution in [1.82, 2.24) is 9.78 Å². The summed E-state index contributed by atoms with van der Waals surface area (Å²) in [5, 5.41) is 13.0. The summed E-state index contributed by atoms with van der Waals surface area (Å²) in [6.07, 6.45) is 0.00778. The third-order valence-electron chi connectivity index (χ3n) is 2.63. The van der Waals surface area contributed by atoms with Gasteiger partial charge in [0, 0.05) is 26.2 Å². The Balaban J connectivity index is 2.12. The molecule has 0 unspecified atom stereocenters. The van der Waals surface area contributed by atoms with E-state index in [9.17, 15) is 4.79 Å². The number of aryl methyl sites for hydroxylation is 1. The second-order valence-electron chi connectivity index (χ2n) is 3.79. The van der Waals surface area contributed by atoms with Crippen molar-refractivity contribution in [2.75, 3.05) is 31.2 Å². The van der Waals surface area contributed by atoms with Gasteiger partial charge in [0.1, 0.15) is 0 Å². The van der Waals surface area contributed by atoms with Crippen LogP contribution in [0.3, 0.4) is 0 Å². The lowest BCUT2D eigenvalue weighted by atomic mass is 10.3. The van der Waals surface area contributed by atoms with E-state index in [0.717, 1.165) is 18.9 Å². The van der Waals surface area contributed by atoms with Crippen molar-refractivity contribution in [3.05, 3.63) is 11.8 Å². The Morgan fingerprint density at radius 1 is 1.56 bits per heavy atom. The number of aromatic nitrogens is 2. The van der Waals surface area contributed by atoms with Gasteiger partial charge in [-0.15, -0.1) is 0 Å². The van der Waals surface area contributed by atoms with Crippen LogP contribution in [0.5, 0.6) is 0 Å². The lowest BCUT2D eigenvalue weighted by molar-refractivity contribution is -0.136. The number of carboxylic acids is 1. The number of ether oxygens (including phenoxy) is 1. The number of carboxylic acid groups (broad SMARTS) is 1. The van der Waals surface area contributed by atoms with Gasteiger partial charge < -0.3 is 14.7 Å². The molecule has 2 heterocycles. The van der Waals surface area contributed by atoms with Crippen LogP contribution in [0.4, 0.5) is 5.82 Å². The van der Waals surface area contributed by atoms with E-state index < -0.39 is 5.97 Å². The number of nitrogens with zero attached hydrogens (tertiary/aromatic N) is 3. The number of aliphatic carboxylic acids is 1. The van der Waals surface area contributed by atoms with Gasteiger partial charge in [0.2, 0.25) is 0 Å². The molecule has 1 fully saturated rings. The predicted octanol–water partition coefficient (Wildman–Crippen LogP) is -0.116. The third-order valence-corrected chi connectivity index (χ3v) is 2.63. The lowest BCUT2D eigenvalue weighted by Crippen LogP contribution is -2.36. The van der Waals surface area contributed by atoms with E-state index in [1.807, 2.05) is 6.07 Å². The van der Waals surface area contributed by atoms with Crippen molar-refractivity contribution in [2.24, 2.45) is 7.05 Å². The fourth-order valence-corrected chi connectivity index (χ4v) is 1.76. The quantitative estimate of drug-likeness (QED) is 0.777. The standard InChI is InChI=1S/C10H15N3O3/c1-12-8(7-10(14)15)6-9(11-12)13-2-4-16-5-3-13/h6H,2-5,7H2,1H3,(H,14,15). The van der Waals surface area contributed by atoms with Crippen LogP contribution in [0, 0.1) is 0 Å². The van der Waals surface area contributed by atoms with Gasteiger partial charge in [-0.25, -0.2) is 0 Å². The van der Waals surface area contributed by atoms with Crippen LogP contribution in [0.25, 0.3) is 0 Å². The first-order valence-electron chi connectivity index (χ1n) is 5.24. The van der Waals surface area contributed by atoms with Gasteiger partial charge in [-0.2, -0.15) is 5.10 Å². The minimum atomic E-state index is -0.837. The van der Waals surface area contributed by atoms with E-state index in [1.54, 1.807) is 11.7 Å². The summed E-state index contributed by atoms with van der Waals surface area (Å²) >= 11 is 0. The summed E-state index contributed by atoms with van der Waals surface area (Å²) in [7, 11) is 1.77. The summed E-state index contributed by atoms with van der Waals surface area (Å²) in [6, 6.07) is 1.83. The highest BCUT2D eigenvalue weighted by molar-refractivity contribution is 5.70. The summed E-state index contributed by atoms with van der Waals surface area (Å²) in [4.78, 5) is 12.7. The molecule has 1 N–H and O–H groups in total. The SMILES string of the molecule is Cn1nc(N2CCOCC2)cc1CC(=O)O. The molecule has 1 aliphatic heterocycles. The van der Waals surface area contributed by atoms with Gasteiger partial charge in [0.15, 0.2) is 5.82 Å². The van der Waals surface area contributed by atoms with Crippen molar-refractivity contribution in [3.8, 4) is 0 Å². The van der Waals surface area contributed by atoms with Crippen molar-refractivity contribution >= 4 is 11.8 Å². The molecule has 0 radical (unpaired) electrons. The Morgan fingerprint density at radius 3 is 2.88 bits per heavy atom. The lowest BCUT2D eigenvalue weighted by Gasteiger charge is -2.26. The summed E-state index contributed by atoms with van der Waals surface area (Å²) < 4.78 is 6.88. The molecule has 0 bridgehead atoms. The highest BCUT2D eigenvalue weighted by Gasteiger charge is 2.16. The molecule has 88 valence electrons. The Kier molecular flexibility index (Phi) is 3.09. The Labute approximate surface area is 93.4 Å². The first-order valence-corrected chi connectivity index (χ1v) is 5.24. The van der Waals surface area contributed by atoms with Crippen molar-refractivity contribution in [3.63, 3.8) is 0 Å². The summed E-state index contributed by atoms with van der Waals surface area (Å²) in [5.74, 6) is -0.00132. The van der Waals surface area contributed by atoms with Crippen LogP contribution in [0.1, 0.15) is 5.69 Å². The largest absolute Gasteiger partial charge is 0.481 e. The van der Waals surface area contributed by atoms with E-state index in [-0.39, 0.29) is 6.42 Å². The molecule has 16 heavy (non-hydrogen) atoms. The molecule has 1 aliphatic rings. The predicted molar refractivity (Wildman–Crippen MR) is 57.6 cm³/mol. The fraction of sp³-hybridized carbons (Fsp3) is 0.600. The second-order valence-corrected chi connectivity index (χ2v) is 3.79. The topological polar surface area (TPSA) is 67.6 Å². The van der Waals surface area contributed by atoms with E-state index >= 15 is 0 Å². The smallest absolute Gasteiger partial charge is 0.309 e. The zero-order valence-corrected chi connectivity index (χ0v) is 9.22. The van der Waals surface area contributed by atoms with Gasteiger partial charge in [-0.3, -0.25) is 9.48 Å². The number of rotatable bonds is 3. The van der Waals surface area contributed by atoms with E-state index in [1.165, 1.54) is 0 Å². The van der Waals surface area contributed by atoms with Gasteiger partial charge in [-0.05, 0) is 0 Å². The maximum Gasteiger partial charge on any atom is 0.309 e. The number of hydrogen-bond donors (Lipinski definition) is 1. The van der Waals surface area contributed by atoms with Crippen LogP contribution < -0.4 is 4.90 Å². The molecule has 0 aromatic carbocycles. The number of carbonyl (C=O) groups is 1. The number of anilines is 1. The molecule has 0 aliphatic carbocycles. The zero-order chi connectivity index (χ0) is 11.5. The van der Waals surface area contributed by atoms with Gasteiger partial charge in [0.25, 0.3) is 0 Å². The normalized spacial score (nSPS) is 16.4. The minimum Gasteiger partial charge on any atom is -0.481 e. The van der Waals surface area contributed by atoms with Gasteiger partial charge in [-0.1, -0.05) is 0 Å². The fourth-order valence-electron chi connectivity index (χ4n) is 1.76. The molecule has 0 atom stereocenters. The highest BCUT2D eigenvalue weighted by Crippen LogP contribution is 2.15. The van der Waals surface area contributed by atoms with Crippen molar-refractivity contribution < 1.29 is 14.6 Å². The molecule has 2 rings (SSSR count). The number of hydrogen-bond acceptors (Lipinski definition) is 4. The summed E-state index contributed by atoms with van der Waals surface area (Å²) in [6.45, 7) is 3.02. The maximum absolute atomic E-state index is 10.6. The molecule has 6 nitrogen and oxygen atoms in total. The van der Waals surface area contributed by atoms with E-state index in [0.29, 0.717) is 18.9 Å². The zero-order valence-electron chi connectivity index (χ0n) is 9.22. The second kappa shape index (κ2) is 4.52. The van der Waals surface area contributed by atoms with Gasteiger partial charge in [0.05, 0.1) is 25.3 Å². The average molecular weight is 225 g/mol. The molecule has 1 aromatic heterocycles. The minimum absolute atomic E-state index is 0.00778. The molecule has 0 amide bonds. The third kappa shape index (κ3) is 2.33. The van der Waals surface area contributed by atoms with Crippen molar-refractivity contribution in [2.45, 2.75) is 6.42 Å². The first-order chi connectivity index (χ1) is 7.66.